The number of amidine groups is 1. The monoisotopic (exact) mass is 284 g/mol. The lowest BCUT2D eigenvalue weighted by molar-refractivity contribution is -0.120. The minimum atomic E-state index is -2.96. The molecule has 106 valence electrons. The fourth-order valence-corrected chi connectivity index (χ4v) is 1.44. The fraction of sp³-hybridized carbons (Fsp3) is 0.250. The van der Waals surface area contributed by atoms with Gasteiger partial charge in [-0.2, -0.15) is 4.99 Å². The SMILES string of the molecule is NC(/C=C\Nc1cncc(F)c1)=NC(=O)C1CC1(F)F. The summed E-state index contributed by atoms with van der Waals surface area (Å²) in [7, 11) is 0. The Balaban J connectivity index is 1.89. The van der Waals surface area contributed by atoms with Crippen LogP contribution in [0.25, 0.3) is 0 Å². The molecule has 1 amide bonds. The van der Waals surface area contributed by atoms with E-state index < -0.39 is 30.0 Å². The summed E-state index contributed by atoms with van der Waals surface area (Å²) < 4.78 is 38.0. The lowest BCUT2D eigenvalue weighted by Crippen LogP contribution is -2.14. The maximum atomic E-state index is 12.8. The number of aromatic nitrogens is 1. The molecule has 1 aromatic rings. The van der Waals surface area contributed by atoms with Crippen LogP contribution in [0.1, 0.15) is 6.42 Å². The highest BCUT2D eigenvalue weighted by atomic mass is 19.3. The number of rotatable bonds is 4. The van der Waals surface area contributed by atoms with Gasteiger partial charge in [0.1, 0.15) is 17.6 Å². The number of carbonyl (C=O) groups excluding carboxylic acids is 1. The van der Waals surface area contributed by atoms with Gasteiger partial charge in [-0.15, -0.1) is 0 Å². The van der Waals surface area contributed by atoms with Gasteiger partial charge in [-0.3, -0.25) is 9.78 Å². The summed E-state index contributed by atoms with van der Waals surface area (Å²) in [4.78, 5) is 18.2. The van der Waals surface area contributed by atoms with Crippen molar-refractivity contribution < 1.29 is 18.0 Å². The molecule has 1 fully saturated rings. The molecule has 2 rings (SSSR count). The summed E-state index contributed by atoms with van der Waals surface area (Å²) in [5.74, 6) is -6.00. The van der Waals surface area contributed by atoms with Crippen LogP contribution in [0.3, 0.4) is 0 Å². The highest BCUT2D eigenvalue weighted by Crippen LogP contribution is 2.49. The normalized spacial score (nSPS) is 20.9. The Kier molecular flexibility index (Phi) is 3.73. The molecule has 0 saturated heterocycles. The van der Waals surface area contributed by atoms with E-state index in [1.54, 1.807) is 0 Å². The van der Waals surface area contributed by atoms with Gasteiger partial charge in [-0.25, -0.2) is 13.2 Å². The van der Waals surface area contributed by atoms with E-state index in [0.29, 0.717) is 5.69 Å². The first kappa shape index (κ1) is 14.0. The number of hydrogen-bond donors (Lipinski definition) is 2. The number of nitrogens with zero attached hydrogens (tertiary/aromatic N) is 2. The second-order valence-electron chi connectivity index (χ2n) is 4.26. The number of nitrogens with one attached hydrogen (secondary N) is 1. The van der Waals surface area contributed by atoms with Crippen molar-refractivity contribution in [1.82, 2.24) is 4.98 Å². The standard InChI is InChI=1S/C12H11F3N4O/c13-7-3-8(6-17-5-7)18-2-1-10(16)19-11(20)9-4-12(9,14)15/h1-3,5-6,9,18H,4H2,(H2,16,19,20)/b2-1-. The summed E-state index contributed by atoms with van der Waals surface area (Å²) in [6, 6.07) is 1.20. The molecular formula is C12H11F3N4O. The van der Waals surface area contributed by atoms with Crippen LogP contribution in [-0.4, -0.2) is 22.6 Å². The topological polar surface area (TPSA) is 80.4 Å². The third-order valence-electron chi connectivity index (χ3n) is 2.57. The van der Waals surface area contributed by atoms with Gasteiger partial charge in [0.25, 0.3) is 11.8 Å². The first-order valence-electron chi connectivity index (χ1n) is 5.68. The molecule has 3 N–H and O–H groups in total. The van der Waals surface area contributed by atoms with E-state index in [2.05, 4.69) is 15.3 Å². The minimum Gasteiger partial charge on any atom is -0.384 e. The zero-order chi connectivity index (χ0) is 14.8. The maximum absolute atomic E-state index is 12.8. The quantitative estimate of drug-likeness (QED) is 0.651. The molecule has 1 saturated carbocycles. The number of hydrogen-bond acceptors (Lipinski definition) is 3. The number of aliphatic imine (C=N–C) groups is 1. The van der Waals surface area contributed by atoms with E-state index in [4.69, 9.17) is 5.73 Å². The number of amides is 1. The molecule has 0 spiro atoms. The first-order chi connectivity index (χ1) is 9.38. The lowest BCUT2D eigenvalue weighted by atomic mass is 10.4. The van der Waals surface area contributed by atoms with Gasteiger partial charge < -0.3 is 11.1 Å². The van der Waals surface area contributed by atoms with Crippen molar-refractivity contribution in [3.8, 4) is 0 Å². The molecule has 0 aromatic carbocycles. The Morgan fingerprint density at radius 1 is 1.55 bits per heavy atom. The number of carbonyl (C=O) groups is 1. The third-order valence-corrected chi connectivity index (χ3v) is 2.57. The molecule has 0 radical (unpaired) electrons. The maximum Gasteiger partial charge on any atom is 0.260 e. The Morgan fingerprint density at radius 3 is 2.85 bits per heavy atom. The van der Waals surface area contributed by atoms with Crippen molar-refractivity contribution in [2.45, 2.75) is 12.3 Å². The molecule has 20 heavy (non-hydrogen) atoms. The largest absolute Gasteiger partial charge is 0.384 e. The van der Waals surface area contributed by atoms with E-state index >= 15 is 0 Å². The predicted molar refractivity (Wildman–Crippen MR) is 66.6 cm³/mol. The van der Waals surface area contributed by atoms with Crippen molar-refractivity contribution in [1.29, 1.82) is 0 Å². The fourth-order valence-electron chi connectivity index (χ4n) is 1.44. The summed E-state index contributed by atoms with van der Waals surface area (Å²) in [6.45, 7) is 0. The molecule has 1 heterocycles. The van der Waals surface area contributed by atoms with Crippen LogP contribution < -0.4 is 11.1 Å². The molecule has 0 bridgehead atoms. The van der Waals surface area contributed by atoms with Crippen LogP contribution in [0.2, 0.25) is 0 Å². The highest BCUT2D eigenvalue weighted by Gasteiger charge is 2.61. The number of nitrogens with two attached hydrogens (primary N) is 1. The van der Waals surface area contributed by atoms with Gasteiger partial charge in [0.2, 0.25) is 0 Å². The predicted octanol–water partition coefficient (Wildman–Crippen LogP) is 1.69. The molecule has 5 nitrogen and oxygen atoms in total. The molecule has 0 aliphatic heterocycles. The Labute approximate surface area is 112 Å². The second kappa shape index (κ2) is 5.32. The summed E-state index contributed by atoms with van der Waals surface area (Å²) in [6.07, 6.45) is 4.44. The number of alkyl halides is 2. The van der Waals surface area contributed by atoms with Gasteiger partial charge in [0.15, 0.2) is 0 Å². The van der Waals surface area contributed by atoms with Gasteiger partial charge in [-0.1, -0.05) is 0 Å². The number of halogens is 3. The molecule has 1 atom stereocenters. The van der Waals surface area contributed by atoms with Crippen molar-refractivity contribution in [3.05, 3.63) is 36.6 Å². The van der Waals surface area contributed by atoms with Gasteiger partial charge >= 0.3 is 0 Å². The van der Waals surface area contributed by atoms with Crippen LogP contribution >= 0.6 is 0 Å². The molecule has 1 unspecified atom stereocenters. The van der Waals surface area contributed by atoms with Crippen LogP contribution in [0.5, 0.6) is 0 Å². The minimum absolute atomic E-state index is 0.213. The Morgan fingerprint density at radius 2 is 2.25 bits per heavy atom. The zero-order valence-electron chi connectivity index (χ0n) is 10.2. The number of pyridine rings is 1. The van der Waals surface area contributed by atoms with E-state index in [-0.39, 0.29) is 5.84 Å². The van der Waals surface area contributed by atoms with Crippen LogP contribution in [0.15, 0.2) is 35.7 Å². The highest BCUT2D eigenvalue weighted by molar-refractivity contribution is 6.01. The molecular weight excluding hydrogens is 273 g/mol. The summed E-state index contributed by atoms with van der Waals surface area (Å²) >= 11 is 0. The smallest absolute Gasteiger partial charge is 0.260 e. The molecule has 1 aliphatic rings. The van der Waals surface area contributed by atoms with Crippen LogP contribution in [0.4, 0.5) is 18.9 Å². The van der Waals surface area contributed by atoms with E-state index in [0.717, 1.165) is 6.20 Å². The van der Waals surface area contributed by atoms with Gasteiger partial charge in [-0.05, 0) is 6.08 Å². The Bertz CT molecular complexity index is 586. The second-order valence-corrected chi connectivity index (χ2v) is 4.26. The molecule has 1 aromatic heterocycles. The molecule has 8 heteroatoms. The third kappa shape index (κ3) is 3.56. The summed E-state index contributed by atoms with van der Waals surface area (Å²) in [5.41, 5.74) is 5.76. The lowest BCUT2D eigenvalue weighted by Gasteiger charge is -1.99. The van der Waals surface area contributed by atoms with Gasteiger partial charge in [0, 0.05) is 18.7 Å². The average Bonchev–Trinajstić information content (AvgIpc) is 2.99. The summed E-state index contributed by atoms with van der Waals surface area (Å²) in [5, 5.41) is 2.65. The first-order valence-corrected chi connectivity index (χ1v) is 5.68. The van der Waals surface area contributed by atoms with Crippen molar-refractivity contribution >= 4 is 17.4 Å². The molecule has 1 aliphatic carbocycles. The van der Waals surface area contributed by atoms with Crippen molar-refractivity contribution in [3.63, 3.8) is 0 Å². The van der Waals surface area contributed by atoms with E-state index in [1.165, 1.54) is 24.5 Å². The van der Waals surface area contributed by atoms with Crippen LogP contribution in [-0.2, 0) is 4.79 Å². The average molecular weight is 284 g/mol. The zero-order valence-corrected chi connectivity index (χ0v) is 10.2. The van der Waals surface area contributed by atoms with Crippen molar-refractivity contribution in [2.24, 2.45) is 16.6 Å². The number of anilines is 1. The van der Waals surface area contributed by atoms with Crippen LogP contribution in [0, 0.1) is 11.7 Å². The van der Waals surface area contributed by atoms with E-state index in [1.807, 2.05) is 0 Å². The van der Waals surface area contributed by atoms with E-state index in [9.17, 15) is 18.0 Å². The van der Waals surface area contributed by atoms with Crippen molar-refractivity contribution in [2.75, 3.05) is 5.32 Å². The Hall–Kier alpha value is -2.38. The van der Waals surface area contributed by atoms with Gasteiger partial charge in [0.05, 0.1) is 18.1 Å².